The molecule has 0 radical (unpaired) electrons. The van der Waals surface area contributed by atoms with Crippen LogP contribution in [0.3, 0.4) is 0 Å². The fourth-order valence-electron chi connectivity index (χ4n) is 3.09. The fraction of sp³-hybridized carbons (Fsp3) is 0.143. The molecule has 0 atom stereocenters. The first-order chi connectivity index (χ1) is 12.0. The molecular formula is C21H20O4. The monoisotopic (exact) mass is 336 g/mol. The molecule has 0 fully saturated rings. The number of hydrogen-bond acceptors (Lipinski definition) is 4. The predicted octanol–water partition coefficient (Wildman–Crippen LogP) is 4.27. The van der Waals surface area contributed by atoms with Crippen LogP contribution in [0.1, 0.15) is 29.0 Å². The quantitative estimate of drug-likeness (QED) is 0.561. The van der Waals surface area contributed by atoms with Crippen molar-refractivity contribution in [2.45, 2.75) is 18.8 Å². The molecule has 3 aromatic carbocycles. The van der Waals surface area contributed by atoms with Crippen LogP contribution in [-0.4, -0.2) is 20.4 Å². The van der Waals surface area contributed by atoms with Crippen molar-refractivity contribution in [3.05, 3.63) is 83.4 Å². The molecule has 0 amide bonds. The number of hydrogen-bond donors (Lipinski definition) is 4. The summed E-state index contributed by atoms with van der Waals surface area (Å²) in [4.78, 5) is 0. The van der Waals surface area contributed by atoms with Crippen LogP contribution in [0.15, 0.2) is 66.7 Å². The van der Waals surface area contributed by atoms with Gasteiger partial charge in [0.25, 0.3) is 0 Å². The van der Waals surface area contributed by atoms with Crippen LogP contribution in [0.4, 0.5) is 0 Å². The fourth-order valence-corrected chi connectivity index (χ4v) is 3.09. The van der Waals surface area contributed by atoms with Crippen molar-refractivity contribution in [2.75, 3.05) is 0 Å². The lowest BCUT2D eigenvalue weighted by atomic mass is 9.85. The topological polar surface area (TPSA) is 80.9 Å². The molecule has 3 rings (SSSR count). The number of phenolic OH excluding ortho intramolecular Hbond substituents is 4. The molecule has 0 saturated carbocycles. The molecule has 4 heteroatoms. The first-order valence-corrected chi connectivity index (χ1v) is 8.12. The Bertz CT molecular complexity index is 808. The Balaban J connectivity index is 1.98. The number of phenols is 4. The number of aromatic hydroxyl groups is 4. The van der Waals surface area contributed by atoms with Crippen molar-refractivity contribution >= 4 is 0 Å². The molecule has 0 aliphatic heterocycles. The Morgan fingerprint density at radius 3 is 1.64 bits per heavy atom. The standard InChI is InChI=1S/C21H20O4/c22-15-7-10-18(20(24)12-15)17(9-6-14-4-2-1-3-5-14)19-11-8-16(23)13-21(19)25/h1-5,7-8,10-13,17,22-25H,6,9H2. The van der Waals surface area contributed by atoms with Gasteiger partial charge in [0.2, 0.25) is 0 Å². The van der Waals surface area contributed by atoms with Crippen molar-refractivity contribution in [1.29, 1.82) is 0 Å². The minimum absolute atomic E-state index is 0.0158. The highest BCUT2D eigenvalue weighted by molar-refractivity contribution is 5.50. The van der Waals surface area contributed by atoms with E-state index in [4.69, 9.17) is 0 Å². The zero-order valence-electron chi connectivity index (χ0n) is 13.6. The molecule has 0 aliphatic rings. The summed E-state index contributed by atoms with van der Waals surface area (Å²) in [5.41, 5.74) is 2.40. The molecule has 0 saturated heterocycles. The summed E-state index contributed by atoms with van der Waals surface area (Å²) in [7, 11) is 0. The van der Waals surface area contributed by atoms with Gasteiger partial charge in [-0.25, -0.2) is 0 Å². The number of rotatable bonds is 5. The summed E-state index contributed by atoms with van der Waals surface area (Å²) in [6, 6.07) is 18.9. The average molecular weight is 336 g/mol. The van der Waals surface area contributed by atoms with Crippen LogP contribution in [-0.2, 0) is 6.42 Å². The molecule has 0 spiro atoms. The van der Waals surface area contributed by atoms with Crippen LogP contribution in [0, 0.1) is 0 Å². The van der Waals surface area contributed by atoms with E-state index >= 15 is 0 Å². The third-order valence-corrected chi connectivity index (χ3v) is 4.34. The zero-order chi connectivity index (χ0) is 17.8. The van der Waals surface area contributed by atoms with Crippen LogP contribution in [0.5, 0.6) is 23.0 Å². The second-order valence-corrected chi connectivity index (χ2v) is 6.06. The van der Waals surface area contributed by atoms with Gasteiger partial charge in [0.1, 0.15) is 23.0 Å². The molecular weight excluding hydrogens is 316 g/mol. The molecule has 0 aliphatic carbocycles. The van der Waals surface area contributed by atoms with E-state index in [-0.39, 0.29) is 28.9 Å². The molecule has 0 heterocycles. The minimum Gasteiger partial charge on any atom is -0.508 e. The van der Waals surface area contributed by atoms with Crippen LogP contribution >= 0.6 is 0 Å². The van der Waals surface area contributed by atoms with E-state index in [0.29, 0.717) is 17.5 Å². The Morgan fingerprint density at radius 2 is 1.16 bits per heavy atom. The molecule has 0 bridgehead atoms. The number of benzene rings is 3. The Morgan fingerprint density at radius 1 is 0.640 bits per heavy atom. The molecule has 4 nitrogen and oxygen atoms in total. The van der Waals surface area contributed by atoms with E-state index in [2.05, 4.69) is 0 Å². The van der Waals surface area contributed by atoms with Crippen LogP contribution < -0.4 is 0 Å². The summed E-state index contributed by atoms with van der Waals surface area (Å²) in [5, 5.41) is 39.6. The summed E-state index contributed by atoms with van der Waals surface area (Å²) < 4.78 is 0. The maximum Gasteiger partial charge on any atom is 0.123 e. The second-order valence-electron chi connectivity index (χ2n) is 6.06. The van der Waals surface area contributed by atoms with Gasteiger partial charge in [-0.1, -0.05) is 42.5 Å². The third-order valence-electron chi connectivity index (χ3n) is 4.34. The van der Waals surface area contributed by atoms with Crippen LogP contribution in [0.2, 0.25) is 0 Å². The maximum atomic E-state index is 10.3. The highest BCUT2D eigenvalue weighted by Crippen LogP contribution is 2.40. The van der Waals surface area contributed by atoms with Gasteiger partial charge in [-0.15, -0.1) is 0 Å². The second kappa shape index (κ2) is 7.18. The zero-order valence-corrected chi connectivity index (χ0v) is 13.6. The van der Waals surface area contributed by atoms with Crippen molar-refractivity contribution in [3.8, 4) is 23.0 Å². The Kier molecular flexibility index (Phi) is 4.80. The Labute approximate surface area is 146 Å². The van der Waals surface area contributed by atoms with Gasteiger partial charge in [0.05, 0.1) is 0 Å². The predicted molar refractivity (Wildman–Crippen MR) is 96.1 cm³/mol. The average Bonchev–Trinajstić information content (AvgIpc) is 2.58. The van der Waals surface area contributed by atoms with Gasteiger partial charge in [-0.3, -0.25) is 0 Å². The molecule has 25 heavy (non-hydrogen) atoms. The van der Waals surface area contributed by atoms with Gasteiger partial charge >= 0.3 is 0 Å². The van der Waals surface area contributed by atoms with E-state index < -0.39 is 0 Å². The van der Waals surface area contributed by atoms with Gasteiger partial charge in [-0.2, -0.15) is 0 Å². The van der Waals surface area contributed by atoms with Crippen LogP contribution in [0.25, 0.3) is 0 Å². The summed E-state index contributed by atoms with van der Waals surface area (Å²) in [6.45, 7) is 0. The lowest BCUT2D eigenvalue weighted by Gasteiger charge is -2.20. The lowest BCUT2D eigenvalue weighted by molar-refractivity contribution is 0.434. The molecule has 3 aromatic rings. The van der Waals surface area contributed by atoms with Crippen molar-refractivity contribution in [3.63, 3.8) is 0 Å². The van der Waals surface area contributed by atoms with Gasteiger partial charge in [0, 0.05) is 29.2 Å². The van der Waals surface area contributed by atoms with Crippen molar-refractivity contribution in [2.24, 2.45) is 0 Å². The first kappa shape index (κ1) is 16.7. The number of aryl methyl sites for hydroxylation is 1. The van der Waals surface area contributed by atoms with E-state index in [0.717, 1.165) is 12.0 Å². The summed E-state index contributed by atoms with van der Waals surface area (Å²) >= 11 is 0. The Hall–Kier alpha value is -3.14. The highest BCUT2D eigenvalue weighted by Gasteiger charge is 2.21. The lowest BCUT2D eigenvalue weighted by Crippen LogP contribution is -2.04. The molecule has 0 unspecified atom stereocenters. The smallest absolute Gasteiger partial charge is 0.123 e. The normalized spacial score (nSPS) is 10.9. The van der Waals surface area contributed by atoms with E-state index in [1.54, 1.807) is 12.1 Å². The molecule has 4 N–H and O–H groups in total. The summed E-state index contributed by atoms with van der Waals surface area (Å²) in [6.07, 6.45) is 1.41. The minimum atomic E-state index is -0.276. The van der Waals surface area contributed by atoms with Crippen molar-refractivity contribution < 1.29 is 20.4 Å². The highest BCUT2D eigenvalue weighted by atomic mass is 16.3. The van der Waals surface area contributed by atoms with E-state index in [1.165, 1.54) is 24.3 Å². The largest absolute Gasteiger partial charge is 0.508 e. The third kappa shape index (κ3) is 3.86. The molecule has 0 aromatic heterocycles. The maximum absolute atomic E-state index is 10.3. The summed E-state index contributed by atoms with van der Waals surface area (Å²) in [5.74, 6) is -0.353. The SMILES string of the molecule is Oc1ccc(C(CCc2ccccc2)c2ccc(O)cc2O)c(O)c1. The van der Waals surface area contributed by atoms with Gasteiger partial charge < -0.3 is 20.4 Å². The molecule has 128 valence electrons. The first-order valence-electron chi connectivity index (χ1n) is 8.12. The van der Waals surface area contributed by atoms with Gasteiger partial charge in [0.15, 0.2) is 0 Å². The van der Waals surface area contributed by atoms with Crippen molar-refractivity contribution in [1.82, 2.24) is 0 Å². The van der Waals surface area contributed by atoms with Gasteiger partial charge in [-0.05, 0) is 30.5 Å². The van der Waals surface area contributed by atoms with E-state index in [9.17, 15) is 20.4 Å². The van der Waals surface area contributed by atoms with E-state index in [1.807, 2.05) is 30.3 Å².